The lowest BCUT2D eigenvalue weighted by Crippen LogP contribution is -2.03. The average Bonchev–Trinajstić information content (AvgIpc) is 3.18. The summed E-state index contributed by atoms with van der Waals surface area (Å²) >= 11 is 1.70. The predicted octanol–water partition coefficient (Wildman–Crippen LogP) is 6.16. The molecule has 0 spiro atoms. The van der Waals surface area contributed by atoms with Crippen LogP contribution in [-0.2, 0) is 17.6 Å². The normalized spacial score (nSPS) is 11.1. The second-order valence-electron chi connectivity index (χ2n) is 7.51. The highest BCUT2D eigenvalue weighted by atomic mass is 32.2. The van der Waals surface area contributed by atoms with Gasteiger partial charge in [-0.3, -0.25) is 4.79 Å². The highest BCUT2D eigenvalue weighted by molar-refractivity contribution is 7.98. The summed E-state index contributed by atoms with van der Waals surface area (Å²) in [5, 5.41) is 11.0. The van der Waals surface area contributed by atoms with Gasteiger partial charge < -0.3 is 14.3 Å². The average molecular weight is 448 g/mol. The molecule has 0 amide bonds. The van der Waals surface area contributed by atoms with Crippen LogP contribution in [0.1, 0.15) is 23.4 Å². The Balaban J connectivity index is 1.46. The molecule has 1 heterocycles. The van der Waals surface area contributed by atoms with Crippen LogP contribution in [-0.4, -0.2) is 28.9 Å². The van der Waals surface area contributed by atoms with Gasteiger partial charge in [-0.1, -0.05) is 30.3 Å². The highest BCUT2D eigenvalue weighted by Crippen LogP contribution is 2.29. The van der Waals surface area contributed by atoms with E-state index in [1.807, 2.05) is 55.5 Å². The maximum Gasteiger partial charge on any atom is 0.303 e. The Morgan fingerprint density at radius 2 is 1.78 bits per heavy atom. The molecule has 6 heteroatoms. The summed E-state index contributed by atoms with van der Waals surface area (Å²) in [6, 6.07) is 20.0. The number of aromatic nitrogens is 1. The Hall–Kier alpha value is -3.25. The van der Waals surface area contributed by atoms with Crippen molar-refractivity contribution in [2.75, 3.05) is 12.9 Å². The fraction of sp³-hybridized carbons (Fsp3) is 0.231. The summed E-state index contributed by atoms with van der Waals surface area (Å²) in [4.78, 5) is 16.8. The molecular weight excluding hydrogens is 422 g/mol. The molecule has 3 aromatic carbocycles. The van der Waals surface area contributed by atoms with Crippen LogP contribution in [0.5, 0.6) is 5.75 Å². The van der Waals surface area contributed by atoms with Gasteiger partial charge in [-0.25, -0.2) is 4.98 Å². The Labute approximate surface area is 191 Å². The summed E-state index contributed by atoms with van der Waals surface area (Å²) in [7, 11) is 0. The molecule has 32 heavy (non-hydrogen) atoms. The standard InChI is InChI=1S/C26H25NO4S/c1-17-23(27-26(31-17)19-9-12-20(32-2)13-10-19)15-16-30-24-8-4-6-21-18(11-14-25(28)29)5-3-7-22(21)24/h3-10,12-13H,11,14-16H2,1-2H3,(H,28,29). The van der Waals surface area contributed by atoms with E-state index < -0.39 is 5.97 Å². The molecule has 0 saturated heterocycles. The molecule has 0 fully saturated rings. The SMILES string of the molecule is CSc1ccc(-c2nc(CCOc3cccc4c(CCC(=O)O)cccc34)c(C)o2)cc1. The van der Waals surface area contributed by atoms with E-state index >= 15 is 0 Å². The number of thioether (sulfide) groups is 1. The Morgan fingerprint density at radius 3 is 2.53 bits per heavy atom. The van der Waals surface area contributed by atoms with Gasteiger partial charge >= 0.3 is 5.97 Å². The number of aliphatic carboxylic acids is 1. The molecule has 4 rings (SSSR count). The number of oxazole rings is 1. The Morgan fingerprint density at radius 1 is 1.03 bits per heavy atom. The zero-order chi connectivity index (χ0) is 22.5. The fourth-order valence-corrected chi connectivity index (χ4v) is 4.11. The first-order valence-electron chi connectivity index (χ1n) is 10.5. The van der Waals surface area contributed by atoms with Crippen LogP contribution in [0.15, 0.2) is 70.0 Å². The minimum absolute atomic E-state index is 0.109. The fourth-order valence-electron chi connectivity index (χ4n) is 3.71. The van der Waals surface area contributed by atoms with Crippen molar-refractivity contribution in [2.45, 2.75) is 31.1 Å². The predicted molar refractivity (Wildman–Crippen MR) is 128 cm³/mol. The first-order chi connectivity index (χ1) is 15.5. The van der Waals surface area contributed by atoms with Gasteiger partial charge in [-0.15, -0.1) is 11.8 Å². The lowest BCUT2D eigenvalue weighted by atomic mass is 10.0. The second-order valence-corrected chi connectivity index (χ2v) is 8.39. The Kier molecular flexibility index (Phi) is 6.81. The number of ether oxygens (including phenoxy) is 1. The maximum absolute atomic E-state index is 11.0. The van der Waals surface area contributed by atoms with Crippen molar-refractivity contribution in [3.63, 3.8) is 0 Å². The molecule has 0 unspecified atom stereocenters. The van der Waals surface area contributed by atoms with Crippen molar-refractivity contribution < 1.29 is 19.1 Å². The summed E-state index contributed by atoms with van der Waals surface area (Å²) < 4.78 is 12.0. The smallest absolute Gasteiger partial charge is 0.303 e. The van der Waals surface area contributed by atoms with Crippen LogP contribution in [0.4, 0.5) is 0 Å². The molecule has 0 aliphatic heterocycles. The summed E-state index contributed by atoms with van der Waals surface area (Å²) in [6.07, 6.45) is 3.29. The number of rotatable bonds is 9. The minimum Gasteiger partial charge on any atom is -0.493 e. The number of nitrogens with zero attached hydrogens (tertiary/aromatic N) is 1. The zero-order valence-electron chi connectivity index (χ0n) is 18.1. The number of carboxylic acids is 1. The van der Waals surface area contributed by atoms with E-state index in [0.29, 0.717) is 25.3 Å². The van der Waals surface area contributed by atoms with Gasteiger partial charge in [0.15, 0.2) is 0 Å². The molecule has 4 aromatic rings. The maximum atomic E-state index is 11.0. The lowest BCUT2D eigenvalue weighted by molar-refractivity contribution is -0.136. The monoisotopic (exact) mass is 447 g/mol. The van der Waals surface area contributed by atoms with Gasteiger partial charge in [-0.05, 0) is 60.9 Å². The van der Waals surface area contributed by atoms with Gasteiger partial charge in [-0.2, -0.15) is 0 Å². The third kappa shape index (κ3) is 4.97. The Bertz CT molecular complexity index is 1230. The number of carbonyl (C=O) groups is 1. The third-order valence-corrected chi connectivity index (χ3v) is 6.15. The van der Waals surface area contributed by atoms with E-state index in [-0.39, 0.29) is 6.42 Å². The molecule has 0 radical (unpaired) electrons. The largest absolute Gasteiger partial charge is 0.493 e. The number of hydrogen-bond acceptors (Lipinski definition) is 5. The number of hydrogen-bond donors (Lipinski definition) is 1. The van der Waals surface area contributed by atoms with Crippen molar-refractivity contribution in [1.29, 1.82) is 0 Å². The number of aryl methyl sites for hydroxylation is 2. The molecule has 5 nitrogen and oxygen atoms in total. The summed E-state index contributed by atoms with van der Waals surface area (Å²) in [6.45, 7) is 2.39. The number of benzene rings is 3. The molecule has 0 bridgehead atoms. The van der Waals surface area contributed by atoms with Crippen molar-refractivity contribution in [3.05, 3.63) is 77.7 Å². The van der Waals surface area contributed by atoms with E-state index in [9.17, 15) is 4.79 Å². The lowest BCUT2D eigenvalue weighted by Gasteiger charge is -2.11. The van der Waals surface area contributed by atoms with Gasteiger partial charge in [0.05, 0.1) is 12.3 Å². The molecule has 0 saturated carbocycles. The van der Waals surface area contributed by atoms with E-state index in [1.54, 1.807) is 11.8 Å². The van der Waals surface area contributed by atoms with Gasteiger partial charge in [0.25, 0.3) is 0 Å². The highest BCUT2D eigenvalue weighted by Gasteiger charge is 2.13. The van der Waals surface area contributed by atoms with Crippen LogP contribution in [0.3, 0.4) is 0 Å². The van der Waals surface area contributed by atoms with E-state index in [0.717, 1.165) is 39.1 Å². The summed E-state index contributed by atoms with van der Waals surface area (Å²) in [5.41, 5.74) is 2.86. The molecular formula is C26H25NO4S. The molecule has 1 N–H and O–H groups in total. The van der Waals surface area contributed by atoms with Gasteiger partial charge in [0.1, 0.15) is 11.5 Å². The first kappa shape index (κ1) is 22.0. The molecule has 0 aliphatic carbocycles. The van der Waals surface area contributed by atoms with Crippen molar-refractivity contribution in [1.82, 2.24) is 4.98 Å². The van der Waals surface area contributed by atoms with E-state index in [1.165, 1.54) is 4.90 Å². The molecule has 1 aromatic heterocycles. The van der Waals surface area contributed by atoms with Gasteiger partial charge in [0, 0.05) is 28.7 Å². The summed E-state index contributed by atoms with van der Waals surface area (Å²) in [5.74, 6) is 1.41. The van der Waals surface area contributed by atoms with Crippen LogP contribution < -0.4 is 4.74 Å². The quantitative estimate of drug-likeness (QED) is 0.310. The first-order valence-corrected chi connectivity index (χ1v) is 11.7. The molecule has 0 atom stereocenters. The topological polar surface area (TPSA) is 72.6 Å². The van der Waals surface area contributed by atoms with E-state index in [2.05, 4.69) is 23.4 Å². The van der Waals surface area contributed by atoms with Crippen molar-refractivity contribution in [3.8, 4) is 17.2 Å². The van der Waals surface area contributed by atoms with Crippen LogP contribution in [0, 0.1) is 6.92 Å². The van der Waals surface area contributed by atoms with Crippen LogP contribution in [0.25, 0.3) is 22.2 Å². The van der Waals surface area contributed by atoms with E-state index in [4.69, 9.17) is 14.3 Å². The zero-order valence-corrected chi connectivity index (χ0v) is 18.9. The van der Waals surface area contributed by atoms with Crippen LogP contribution in [0.2, 0.25) is 0 Å². The van der Waals surface area contributed by atoms with Gasteiger partial charge in [0.2, 0.25) is 5.89 Å². The number of fused-ring (bicyclic) bond motifs is 1. The van der Waals surface area contributed by atoms with Crippen molar-refractivity contribution >= 4 is 28.5 Å². The molecule has 164 valence electrons. The van der Waals surface area contributed by atoms with Crippen molar-refractivity contribution in [2.24, 2.45) is 0 Å². The van der Waals surface area contributed by atoms with Crippen LogP contribution >= 0.6 is 11.8 Å². The number of carboxylic acid groups (broad SMARTS) is 1. The third-order valence-electron chi connectivity index (χ3n) is 5.41. The second kappa shape index (κ2) is 9.92. The minimum atomic E-state index is -0.794. The molecule has 0 aliphatic rings.